The first kappa shape index (κ1) is 12.4. The van der Waals surface area contributed by atoms with Crippen molar-refractivity contribution in [2.24, 2.45) is 5.16 Å². The molecule has 0 spiro atoms. The first-order valence-electron chi connectivity index (χ1n) is 6.04. The van der Waals surface area contributed by atoms with Crippen LogP contribution in [0.3, 0.4) is 0 Å². The fourth-order valence-electron chi connectivity index (χ4n) is 1.85. The predicted molar refractivity (Wildman–Crippen MR) is 72.2 cm³/mol. The highest BCUT2D eigenvalue weighted by molar-refractivity contribution is 5.96. The summed E-state index contributed by atoms with van der Waals surface area (Å²) in [7, 11) is 1.57. The van der Waals surface area contributed by atoms with E-state index in [0.29, 0.717) is 0 Å². The lowest BCUT2D eigenvalue weighted by atomic mass is 9.98. The Kier molecular flexibility index (Phi) is 4.14. The second-order valence-corrected chi connectivity index (χ2v) is 4.20. The summed E-state index contributed by atoms with van der Waals surface area (Å²) in [5.41, 5.74) is 3.86. The molecule has 0 atom stereocenters. The van der Waals surface area contributed by atoms with Gasteiger partial charge >= 0.3 is 0 Å². The zero-order valence-electron chi connectivity index (χ0n) is 10.7. The standard InChI is InChI=1S/C15H16N2O/c1-12-5-3-7-14(16-12)10-9-13-6-4-8-15(11-13)17-18-2/h3,5,7,11H,4,6,8H2,1-2H3/b17-15-/i2-1. The van der Waals surface area contributed by atoms with E-state index in [9.17, 15) is 0 Å². The molecule has 1 aliphatic rings. The van der Waals surface area contributed by atoms with Crippen molar-refractivity contribution in [2.75, 3.05) is 7.11 Å². The highest BCUT2D eigenvalue weighted by atomic mass is 16.6. The van der Waals surface area contributed by atoms with Crippen molar-refractivity contribution in [3.8, 4) is 11.8 Å². The molecule has 92 valence electrons. The van der Waals surface area contributed by atoms with Gasteiger partial charge in [-0.2, -0.15) is 0 Å². The normalized spacial score (nSPS) is 16.8. The molecule has 2 rings (SSSR count). The lowest BCUT2D eigenvalue weighted by Gasteiger charge is -2.08. The third-order valence-corrected chi connectivity index (χ3v) is 2.67. The van der Waals surface area contributed by atoms with Crippen molar-refractivity contribution in [1.29, 1.82) is 0 Å². The number of aryl methyl sites for hydroxylation is 1. The molecule has 0 saturated heterocycles. The summed E-state index contributed by atoms with van der Waals surface area (Å²) in [6.45, 7) is 1.97. The average Bonchev–Trinajstić information content (AvgIpc) is 2.37. The molecule has 0 bridgehead atoms. The molecule has 0 fully saturated rings. The molecule has 1 aliphatic carbocycles. The minimum Gasteiger partial charge on any atom is -0.399 e. The number of nitrogens with zero attached hydrogens (tertiary/aromatic N) is 2. The van der Waals surface area contributed by atoms with Crippen molar-refractivity contribution in [1.82, 2.24) is 4.98 Å². The topological polar surface area (TPSA) is 34.5 Å². The third kappa shape index (κ3) is 3.46. The van der Waals surface area contributed by atoms with Crippen molar-refractivity contribution in [2.45, 2.75) is 26.2 Å². The van der Waals surface area contributed by atoms with Crippen LogP contribution in [0.2, 0.25) is 0 Å². The van der Waals surface area contributed by atoms with Gasteiger partial charge < -0.3 is 4.84 Å². The van der Waals surface area contributed by atoms with Crippen molar-refractivity contribution in [3.63, 3.8) is 0 Å². The van der Waals surface area contributed by atoms with Gasteiger partial charge in [0.15, 0.2) is 0 Å². The van der Waals surface area contributed by atoms with E-state index in [4.69, 9.17) is 4.84 Å². The Balaban J connectivity index is 2.17. The van der Waals surface area contributed by atoms with Gasteiger partial charge in [0.25, 0.3) is 0 Å². The van der Waals surface area contributed by atoms with Gasteiger partial charge in [0.05, 0.1) is 5.71 Å². The second kappa shape index (κ2) is 6.02. The molecule has 0 aromatic carbocycles. The van der Waals surface area contributed by atoms with Gasteiger partial charge in [0, 0.05) is 11.3 Å². The lowest BCUT2D eigenvalue weighted by molar-refractivity contribution is 0.213. The molecule has 0 saturated carbocycles. The fourth-order valence-corrected chi connectivity index (χ4v) is 1.85. The summed E-state index contributed by atoms with van der Waals surface area (Å²) >= 11 is 0. The summed E-state index contributed by atoms with van der Waals surface area (Å²) in [4.78, 5) is 9.15. The van der Waals surface area contributed by atoms with Crippen LogP contribution in [0.1, 0.15) is 30.7 Å². The van der Waals surface area contributed by atoms with Crippen LogP contribution in [0.25, 0.3) is 0 Å². The van der Waals surface area contributed by atoms with Gasteiger partial charge in [-0.15, -0.1) is 0 Å². The highest BCUT2D eigenvalue weighted by Crippen LogP contribution is 2.15. The quantitative estimate of drug-likeness (QED) is 0.558. The molecule has 1 aromatic rings. The summed E-state index contributed by atoms with van der Waals surface area (Å²) in [5, 5.41) is 3.96. The monoisotopic (exact) mass is 239 g/mol. The zero-order valence-corrected chi connectivity index (χ0v) is 10.7. The zero-order chi connectivity index (χ0) is 12.8. The van der Waals surface area contributed by atoms with Gasteiger partial charge in [-0.25, -0.2) is 4.98 Å². The number of oxime groups is 1. The Hall–Kier alpha value is -2.08. The molecular formula is C15H16N2O. The number of hydrogen-bond donors (Lipinski definition) is 0. The molecular weight excluding hydrogens is 223 g/mol. The third-order valence-electron chi connectivity index (χ3n) is 2.67. The van der Waals surface area contributed by atoms with Crippen LogP contribution in [0.5, 0.6) is 0 Å². The van der Waals surface area contributed by atoms with E-state index < -0.39 is 0 Å². The summed E-state index contributed by atoms with van der Waals surface area (Å²) in [6, 6.07) is 5.86. The maximum atomic E-state index is 4.79. The van der Waals surface area contributed by atoms with Crippen LogP contribution < -0.4 is 0 Å². The molecule has 3 nitrogen and oxygen atoms in total. The first-order chi connectivity index (χ1) is 8.78. The minimum absolute atomic E-state index is 0.812. The Morgan fingerprint density at radius 1 is 1.28 bits per heavy atom. The molecule has 0 unspecified atom stereocenters. The number of rotatable bonds is 1. The highest BCUT2D eigenvalue weighted by Gasteiger charge is 2.07. The number of pyridine rings is 1. The summed E-state index contributed by atoms with van der Waals surface area (Å²) in [5.74, 6) is 6.26. The number of hydrogen-bond acceptors (Lipinski definition) is 3. The molecule has 1 heterocycles. The molecule has 0 radical (unpaired) electrons. The van der Waals surface area contributed by atoms with E-state index in [0.717, 1.165) is 41.9 Å². The molecule has 0 aliphatic heterocycles. The van der Waals surface area contributed by atoms with Crippen LogP contribution in [0.15, 0.2) is 35.0 Å². The minimum atomic E-state index is 0.812. The first-order valence-corrected chi connectivity index (χ1v) is 6.04. The SMILES string of the molecule is Cc1cccc(C#CC2=C/C(=N\O[11CH3])CCC2)n1. The van der Waals surface area contributed by atoms with E-state index in [1.807, 2.05) is 31.2 Å². The van der Waals surface area contributed by atoms with Crippen LogP contribution in [-0.2, 0) is 4.84 Å². The van der Waals surface area contributed by atoms with Gasteiger partial charge in [0.2, 0.25) is 0 Å². The van der Waals surface area contributed by atoms with E-state index in [1.165, 1.54) is 0 Å². The summed E-state index contributed by atoms with van der Waals surface area (Å²) in [6.07, 6.45) is 5.04. The van der Waals surface area contributed by atoms with Crippen LogP contribution in [0, 0.1) is 18.8 Å². The average molecular weight is 239 g/mol. The van der Waals surface area contributed by atoms with Crippen LogP contribution in [-0.4, -0.2) is 17.8 Å². The van der Waals surface area contributed by atoms with Gasteiger partial charge in [-0.3, -0.25) is 0 Å². The van der Waals surface area contributed by atoms with Crippen molar-refractivity contribution in [3.05, 3.63) is 41.2 Å². The molecule has 18 heavy (non-hydrogen) atoms. The van der Waals surface area contributed by atoms with Crippen molar-refractivity contribution >= 4 is 5.71 Å². The smallest absolute Gasteiger partial charge is 0.113 e. The Morgan fingerprint density at radius 3 is 2.94 bits per heavy atom. The van der Waals surface area contributed by atoms with E-state index in [2.05, 4.69) is 22.0 Å². The molecule has 0 amide bonds. The van der Waals surface area contributed by atoms with Crippen LogP contribution >= 0.6 is 0 Å². The maximum absolute atomic E-state index is 4.79. The van der Waals surface area contributed by atoms with E-state index in [-0.39, 0.29) is 0 Å². The molecule has 0 N–H and O–H groups in total. The van der Waals surface area contributed by atoms with E-state index >= 15 is 0 Å². The Labute approximate surface area is 108 Å². The van der Waals surface area contributed by atoms with Crippen molar-refractivity contribution < 1.29 is 4.84 Å². The van der Waals surface area contributed by atoms with E-state index in [1.54, 1.807) is 7.11 Å². The Bertz CT molecular complexity index is 547. The number of aromatic nitrogens is 1. The number of allylic oxidation sites excluding steroid dienone is 2. The summed E-state index contributed by atoms with van der Waals surface area (Å²) < 4.78 is 0. The van der Waals surface area contributed by atoms with Gasteiger partial charge in [-0.1, -0.05) is 17.1 Å². The van der Waals surface area contributed by atoms with Crippen LogP contribution in [0.4, 0.5) is 0 Å². The lowest BCUT2D eigenvalue weighted by Crippen LogP contribution is -2.03. The Morgan fingerprint density at radius 2 is 2.17 bits per heavy atom. The maximum Gasteiger partial charge on any atom is 0.113 e. The molecule has 1 aromatic heterocycles. The fraction of sp³-hybridized carbons (Fsp3) is 0.333. The molecule has 3 heteroatoms. The predicted octanol–water partition coefficient (Wildman–Crippen LogP) is 2.85. The van der Waals surface area contributed by atoms with Gasteiger partial charge in [0.1, 0.15) is 12.8 Å². The largest absolute Gasteiger partial charge is 0.399 e. The second-order valence-electron chi connectivity index (χ2n) is 4.20. The van der Waals surface area contributed by atoms with Gasteiger partial charge in [-0.05, 0) is 50.3 Å².